The van der Waals surface area contributed by atoms with Crippen LogP contribution in [0.25, 0.3) is 0 Å². The smallest absolute Gasteiger partial charge is 0.0503 e. The van der Waals surface area contributed by atoms with Crippen molar-refractivity contribution in [2.75, 3.05) is 39.8 Å². The standard InChI is InChI=1S/C16H24N2O/c1-17-8-7-16(13-19)12-18(11-15(16)10-17)9-14-5-3-2-4-6-14/h2-6,15,19H,7-13H2,1H3/t15-,16+/m1/s1. The summed E-state index contributed by atoms with van der Waals surface area (Å²) in [6.45, 7) is 5.79. The lowest BCUT2D eigenvalue weighted by molar-refractivity contribution is 0.0278. The summed E-state index contributed by atoms with van der Waals surface area (Å²) in [5.41, 5.74) is 1.53. The van der Waals surface area contributed by atoms with Gasteiger partial charge in [-0.25, -0.2) is 0 Å². The zero-order valence-corrected chi connectivity index (χ0v) is 11.8. The van der Waals surface area contributed by atoms with E-state index in [1.165, 1.54) is 5.56 Å². The third-order valence-electron chi connectivity index (χ3n) is 4.97. The average Bonchev–Trinajstić information content (AvgIpc) is 2.78. The molecular weight excluding hydrogens is 236 g/mol. The Bertz CT molecular complexity index is 422. The highest BCUT2D eigenvalue weighted by Crippen LogP contribution is 2.42. The maximum atomic E-state index is 9.88. The molecule has 1 aromatic carbocycles. The van der Waals surface area contributed by atoms with Gasteiger partial charge in [0, 0.05) is 31.6 Å². The second kappa shape index (κ2) is 5.23. The van der Waals surface area contributed by atoms with E-state index in [0.29, 0.717) is 12.5 Å². The Balaban J connectivity index is 1.70. The number of rotatable bonds is 3. The van der Waals surface area contributed by atoms with Crippen LogP contribution in [0.2, 0.25) is 0 Å². The van der Waals surface area contributed by atoms with Gasteiger partial charge in [-0.2, -0.15) is 0 Å². The van der Waals surface area contributed by atoms with E-state index >= 15 is 0 Å². The Hall–Kier alpha value is -0.900. The van der Waals surface area contributed by atoms with E-state index in [2.05, 4.69) is 47.2 Å². The normalized spacial score (nSPS) is 32.4. The molecule has 0 amide bonds. The first-order valence-corrected chi connectivity index (χ1v) is 7.27. The predicted octanol–water partition coefficient (Wildman–Crippen LogP) is 1.43. The van der Waals surface area contributed by atoms with Crippen LogP contribution in [0.5, 0.6) is 0 Å². The lowest BCUT2D eigenvalue weighted by Crippen LogP contribution is -2.47. The second-order valence-corrected chi connectivity index (χ2v) is 6.38. The number of likely N-dealkylation sites (tertiary alicyclic amines) is 2. The molecule has 0 spiro atoms. The summed E-state index contributed by atoms with van der Waals surface area (Å²) in [5.74, 6) is 0.625. The van der Waals surface area contributed by atoms with Gasteiger partial charge in [-0.3, -0.25) is 4.90 Å². The molecule has 19 heavy (non-hydrogen) atoms. The minimum absolute atomic E-state index is 0.154. The predicted molar refractivity (Wildman–Crippen MR) is 76.8 cm³/mol. The summed E-state index contributed by atoms with van der Waals surface area (Å²) in [7, 11) is 2.20. The fourth-order valence-electron chi connectivity index (χ4n) is 3.78. The fraction of sp³-hybridized carbons (Fsp3) is 0.625. The second-order valence-electron chi connectivity index (χ2n) is 6.38. The first kappa shape index (κ1) is 13.1. The largest absolute Gasteiger partial charge is 0.396 e. The van der Waals surface area contributed by atoms with Crippen LogP contribution in [-0.2, 0) is 6.54 Å². The molecule has 0 unspecified atom stereocenters. The molecule has 3 rings (SSSR count). The van der Waals surface area contributed by atoms with Crippen molar-refractivity contribution in [3.63, 3.8) is 0 Å². The van der Waals surface area contributed by atoms with E-state index in [9.17, 15) is 5.11 Å². The molecule has 1 aromatic rings. The lowest BCUT2D eigenvalue weighted by atomic mass is 9.73. The number of benzene rings is 1. The van der Waals surface area contributed by atoms with Crippen LogP contribution in [0.1, 0.15) is 12.0 Å². The van der Waals surface area contributed by atoms with Gasteiger partial charge in [0.15, 0.2) is 0 Å². The van der Waals surface area contributed by atoms with Gasteiger partial charge < -0.3 is 10.0 Å². The highest BCUT2D eigenvalue weighted by atomic mass is 16.3. The van der Waals surface area contributed by atoms with E-state index in [4.69, 9.17) is 0 Å². The van der Waals surface area contributed by atoms with Crippen LogP contribution in [0.3, 0.4) is 0 Å². The van der Waals surface area contributed by atoms with Crippen LogP contribution in [-0.4, -0.2) is 54.7 Å². The quantitative estimate of drug-likeness (QED) is 0.891. The number of aliphatic hydroxyl groups is 1. The fourth-order valence-corrected chi connectivity index (χ4v) is 3.78. The molecule has 0 aliphatic carbocycles. The third kappa shape index (κ3) is 2.55. The molecule has 2 aliphatic rings. The van der Waals surface area contributed by atoms with Crippen LogP contribution < -0.4 is 0 Å². The van der Waals surface area contributed by atoms with Crippen LogP contribution in [0, 0.1) is 11.3 Å². The highest BCUT2D eigenvalue weighted by molar-refractivity contribution is 5.15. The van der Waals surface area contributed by atoms with Crippen molar-refractivity contribution in [2.45, 2.75) is 13.0 Å². The maximum Gasteiger partial charge on any atom is 0.0503 e. The monoisotopic (exact) mass is 260 g/mol. The number of fused-ring (bicyclic) bond motifs is 1. The minimum atomic E-state index is 0.154. The zero-order valence-electron chi connectivity index (χ0n) is 11.8. The Morgan fingerprint density at radius 3 is 2.79 bits per heavy atom. The van der Waals surface area contributed by atoms with Gasteiger partial charge in [-0.15, -0.1) is 0 Å². The Kier molecular flexibility index (Phi) is 3.61. The van der Waals surface area contributed by atoms with Gasteiger partial charge in [0.2, 0.25) is 0 Å². The van der Waals surface area contributed by atoms with Crippen LogP contribution in [0.15, 0.2) is 30.3 Å². The highest BCUT2D eigenvalue weighted by Gasteiger charge is 2.48. The third-order valence-corrected chi connectivity index (χ3v) is 4.97. The number of nitrogens with zero attached hydrogens (tertiary/aromatic N) is 2. The summed E-state index contributed by atoms with van der Waals surface area (Å²) in [6, 6.07) is 10.7. The lowest BCUT2D eigenvalue weighted by Gasteiger charge is -2.41. The summed E-state index contributed by atoms with van der Waals surface area (Å²) in [5, 5.41) is 9.88. The Labute approximate surface area is 115 Å². The van der Waals surface area contributed by atoms with Crippen LogP contribution in [0.4, 0.5) is 0 Å². The topological polar surface area (TPSA) is 26.7 Å². The molecular formula is C16H24N2O. The molecule has 3 nitrogen and oxygen atoms in total. The molecule has 2 aliphatic heterocycles. The van der Waals surface area contributed by atoms with Gasteiger partial charge in [-0.1, -0.05) is 30.3 Å². The van der Waals surface area contributed by atoms with Gasteiger partial charge in [-0.05, 0) is 31.5 Å². The van der Waals surface area contributed by atoms with Crippen molar-refractivity contribution < 1.29 is 5.11 Å². The molecule has 2 saturated heterocycles. The van der Waals surface area contributed by atoms with Crippen molar-refractivity contribution in [2.24, 2.45) is 11.3 Å². The van der Waals surface area contributed by atoms with E-state index in [1.807, 2.05) is 0 Å². The Morgan fingerprint density at radius 2 is 2.05 bits per heavy atom. The molecule has 0 saturated carbocycles. The van der Waals surface area contributed by atoms with Crippen molar-refractivity contribution >= 4 is 0 Å². The summed E-state index contributed by atoms with van der Waals surface area (Å²) < 4.78 is 0. The number of aliphatic hydroxyl groups excluding tert-OH is 1. The Morgan fingerprint density at radius 1 is 1.26 bits per heavy atom. The average molecular weight is 260 g/mol. The molecule has 0 aromatic heterocycles. The van der Waals surface area contributed by atoms with Crippen molar-refractivity contribution in [3.05, 3.63) is 35.9 Å². The first-order chi connectivity index (χ1) is 9.22. The van der Waals surface area contributed by atoms with Gasteiger partial charge in [0.1, 0.15) is 0 Å². The molecule has 104 valence electrons. The molecule has 2 heterocycles. The molecule has 3 heteroatoms. The van der Waals surface area contributed by atoms with Gasteiger partial charge in [0.05, 0.1) is 6.61 Å². The van der Waals surface area contributed by atoms with Crippen molar-refractivity contribution in [3.8, 4) is 0 Å². The summed E-state index contributed by atoms with van der Waals surface area (Å²) >= 11 is 0. The minimum Gasteiger partial charge on any atom is -0.396 e. The number of hydrogen-bond donors (Lipinski definition) is 1. The first-order valence-electron chi connectivity index (χ1n) is 7.27. The van der Waals surface area contributed by atoms with E-state index < -0.39 is 0 Å². The van der Waals surface area contributed by atoms with Crippen molar-refractivity contribution in [1.82, 2.24) is 9.80 Å². The SMILES string of the molecule is CN1CC[C@@]2(CO)CN(Cc3ccccc3)C[C@H]2C1. The van der Waals surface area contributed by atoms with E-state index in [-0.39, 0.29) is 5.41 Å². The van der Waals surface area contributed by atoms with Gasteiger partial charge in [0.25, 0.3) is 0 Å². The van der Waals surface area contributed by atoms with Crippen molar-refractivity contribution in [1.29, 1.82) is 0 Å². The molecule has 1 N–H and O–H groups in total. The summed E-state index contributed by atoms with van der Waals surface area (Å²) in [4.78, 5) is 4.93. The van der Waals surface area contributed by atoms with Crippen LogP contribution >= 0.6 is 0 Å². The molecule has 2 atom stereocenters. The van der Waals surface area contributed by atoms with E-state index in [1.54, 1.807) is 0 Å². The molecule has 2 fully saturated rings. The van der Waals surface area contributed by atoms with E-state index in [0.717, 1.165) is 39.1 Å². The number of hydrogen-bond acceptors (Lipinski definition) is 3. The zero-order chi connectivity index (χ0) is 13.3. The molecule has 0 bridgehead atoms. The number of piperidine rings is 1. The summed E-state index contributed by atoms with van der Waals surface area (Å²) in [6.07, 6.45) is 1.13. The maximum absolute atomic E-state index is 9.88. The molecule has 0 radical (unpaired) electrons. The van der Waals surface area contributed by atoms with Gasteiger partial charge >= 0.3 is 0 Å².